The van der Waals surface area contributed by atoms with E-state index in [1.807, 2.05) is 6.07 Å². The van der Waals surface area contributed by atoms with Crippen molar-refractivity contribution >= 4 is 17.4 Å². The summed E-state index contributed by atoms with van der Waals surface area (Å²) in [4.78, 5) is 18.5. The van der Waals surface area contributed by atoms with E-state index in [0.717, 1.165) is 31.9 Å². The maximum absolute atomic E-state index is 12.8. The fourth-order valence-corrected chi connectivity index (χ4v) is 2.36. The average Bonchev–Trinajstić information content (AvgIpc) is 2.57. The number of pyridine rings is 1. The molecule has 2 heterocycles. The summed E-state index contributed by atoms with van der Waals surface area (Å²) in [6.07, 6.45) is 1.76. The zero-order chi connectivity index (χ0) is 15.4. The lowest BCUT2D eigenvalue weighted by molar-refractivity contribution is 0.102. The highest BCUT2D eigenvalue weighted by atomic mass is 19.1. The number of hydrogen-bond acceptors (Lipinski definition) is 4. The van der Waals surface area contributed by atoms with Crippen LogP contribution in [0.25, 0.3) is 0 Å². The first-order valence-corrected chi connectivity index (χ1v) is 7.21. The molecule has 0 bridgehead atoms. The van der Waals surface area contributed by atoms with Gasteiger partial charge in [0.05, 0.1) is 11.9 Å². The second kappa shape index (κ2) is 6.53. The Morgan fingerprint density at radius 3 is 2.50 bits per heavy atom. The number of hydrogen-bond donors (Lipinski definition) is 2. The molecule has 1 fully saturated rings. The summed E-state index contributed by atoms with van der Waals surface area (Å²) in [5.74, 6) is -0.189. The van der Waals surface area contributed by atoms with Crippen molar-refractivity contribution in [1.29, 1.82) is 0 Å². The summed E-state index contributed by atoms with van der Waals surface area (Å²) in [6.45, 7) is 3.82. The fourth-order valence-electron chi connectivity index (χ4n) is 2.36. The van der Waals surface area contributed by atoms with Gasteiger partial charge in [0.25, 0.3) is 5.91 Å². The molecule has 1 aromatic carbocycles. The lowest BCUT2D eigenvalue weighted by atomic mass is 10.2. The Labute approximate surface area is 128 Å². The van der Waals surface area contributed by atoms with E-state index in [-0.39, 0.29) is 11.7 Å². The lowest BCUT2D eigenvalue weighted by Crippen LogP contribution is -2.43. The van der Waals surface area contributed by atoms with Crippen LogP contribution in [0.2, 0.25) is 0 Å². The third-order valence-corrected chi connectivity index (χ3v) is 3.58. The van der Waals surface area contributed by atoms with E-state index in [9.17, 15) is 9.18 Å². The van der Waals surface area contributed by atoms with Gasteiger partial charge in [-0.1, -0.05) is 0 Å². The summed E-state index contributed by atoms with van der Waals surface area (Å²) in [6, 6.07) is 9.13. The molecule has 0 aliphatic carbocycles. The Bertz CT molecular complexity index is 636. The first kappa shape index (κ1) is 14.5. The topological polar surface area (TPSA) is 57.3 Å². The number of rotatable bonds is 3. The molecule has 114 valence electrons. The maximum Gasteiger partial charge on any atom is 0.256 e. The van der Waals surface area contributed by atoms with E-state index >= 15 is 0 Å². The number of piperazine rings is 1. The third-order valence-electron chi connectivity index (χ3n) is 3.58. The van der Waals surface area contributed by atoms with Crippen molar-refractivity contribution in [1.82, 2.24) is 10.3 Å². The molecular formula is C16H17FN4O. The highest BCUT2D eigenvalue weighted by Crippen LogP contribution is 2.16. The van der Waals surface area contributed by atoms with Crippen LogP contribution >= 0.6 is 0 Å². The van der Waals surface area contributed by atoms with Gasteiger partial charge in [-0.05, 0) is 36.4 Å². The van der Waals surface area contributed by atoms with Gasteiger partial charge in [-0.3, -0.25) is 4.79 Å². The van der Waals surface area contributed by atoms with Gasteiger partial charge >= 0.3 is 0 Å². The lowest BCUT2D eigenvalue weighted by Gasteiger charge is -2.29. The van der Waals surface area contributed by atoms with Crippen LogP contribution in [-0.2, 0) is 0 Å². The Morgan fingerprint density at radius 1 is 1.14 bits per heavy atom. The Balaban J connectivity index is 1.65. The van der Waals surface area contributed by atoms with Crippen LogP contribution in [0.1, 0.15) is 10.4 Å². The Kier molecular flexibility index (Phi) is 4.29. The van der Waals surface area contributed by atoms with E-state index < -0.39 is 0 Å². The summed E-state index contributed by atoms with van der Waals surface area (Å²) < 4.78 is 12.8. The molecule has 1 saturated heterocycles. The smallest absolute Gasteiger partial charge is 0.256 e. The molecule has 2 aromatic rings. The van der Waals surface area contributed by atoms with Crippen LogP contribution in [0.3, 0.4) is 0 Å². The molecule has 22 heavy (non-hydrogen) atoms. The van der Waals surface area contributed by atoms with Crippen molar-refractivity contribution in [3.05, 3.63) is 54.0 Å². The second-order valence-corrected chi connectivity index (χ2v) is 5.10. The minimum absolute atomic E-state index is 0.303. The van der Waals surface area contributed by atoms with Crippen molar-refractivity contribution in [2.45, 2.75) is 0 Å². The van der Waals surface area contributed by atoms with E-state index in [1.165, 1.54) is 24.3 Å². The number of carbonyl (C=O) groups is 1. The minimum Gasteiger partial charge on any atom is -0.368 e. The largest absolute Gasteiger partial charge is 0.368 e. The van der Waals surface area contributed by atoms with Gasteiger partial charge in [0.1, 0.15) is 11.6 Å². The number of nitrogens with zero attached hydrogens (tertiary/aromatic N) is 2. The molecule has 3 rings (SSSR count). The standard InChI is InChI=1S/C16H17FN4O/c17-13-3-1-12(2-4-13)16(22)20-15-6-5-14(11-19-15)21-9-7-18-8-10-21/h1-6,11,18H,7-10H2,(H,19,20,22). The molecule has 2 N–H and O–H groups in total. The number of carbonyl (C=O) groups excluding carboxylic acids is 1. The SMILES string of the molecule is O=C(Nc1ccc(N2CCNCC2)cn1)c1ccc(F)cc1. The zero-order valence-electron chi connectivity index (χ0n) is 12.1. The van der Waals surface area contributed by atoms with Crippen molar-refractivity contribution in [3.8, 4) is 0 Å². The highest BCUT2D eigenvalue weighted by Gasteiger charge is 2.11. The van der Waals surface area contributed by atoms with Gasteiger partial charge in [-0.25, -0.2) is 9.37 Å². The predicted molar refractivity (Wildman–Crippen MR) is 83.7 cm³/mol. The van der Waals surface area contributed by atoms with Gasteiger partial charge in [0, 0.05) is 31.7 Å². The summed E-state index contributed by atoms with van der Waals surface area (Å²) in [5, 5.41) is 6.00. The number of amides is 1. The molecular weight excluding hydrogens is 283 g/mol. The normalized spacial score (nSPS) is 14.7. The van der Waals surface area contributed by atoms with E-state index in [1.54, 1.807) is 12.3 Å². The maximum atomic E-state index is 12.8. The number of aromatic nitrogens is 1. The monoisotopic (exact) mass is 300 g/mol. The molecule has 6 heteroatoms. The van der Waals surface area contributed by atoms with E-state index in [0.29, 0.717) is 11.4 Å². The molecule has 0 atom stereocenters. The minimum atomic E-state index is -0.366. The first-order valence-electron chi connectivity index (χ1n) is 7.21. The molecule has 1 aromatic heterocycles. The Morgan fingerprint density at radius 2 is 1.86 bits per heavy atom. The third kappa shape index (κ3) is 3.40. The van der Waals surface area contributed by atoms with Crippen molar-refractivity contribution < 1.29 is 9.18 Å². The van der Waals surface area contributed by atoms with Crippen LogP contribution < -0.4 is 15.5 Å². The molecule has 1 amide bonds. The summed E-state index contributed by atoms with van der Waals surface area (Å²) >= 11 is 0. The fraction of sp³-hybridized carbons (Fsp3) is 0.250. The van der Waals surface area contributed by atoms with Crippen LogP contribution in [0.15, 0.2) is 42.6 Å². The van der Waals surface area contributed by atoms with Gasteiger partial charge < -0.3 is 15.5 Å². The number of halogens is 1. The molecule has 0 saturated carbocycles. The number of nitrogens with one attached hydrogen (secondary N) is 2. The molecule has 0 spiro atoms. The molecule has 5 nitrogen and oxygen atoms in total. The van der Waals surface area contributed by atoms with E-state index in [2.05, 4.69) is 20.5 Å². The molecule has 1 aliphatic rings. The average molecular weight is 300 g/mol. The molecule has 0 unspecified atom stereocenters. The van der Waals surface area contributed by atoms with Crippen molar-refractivity contribution in [2.24, 2.45) is 0 Å². The van der Waals surface area contributed by atoms with Gasteiger partial charge in [-0.15, -0.1) is 0 Å². The summed E-state index contributed by atoms with van der Waals surface area (Å²) in [7, 11) is 0. The van der Waals surface area contributed by atoms with E-state index in [4.69, 9.17) is 0 Å². The van der Waals surface area contributed by atoms with Crippen LogP contribution in [0.4, 0.5) is 15.9 Å². The van der Waals surface area contributed by atoms with Crippen LogP contribution in [-0.4, -0.2) is 37.1 Å². The van der Waals surface area contributed by atoms with Gasteiger partial charge in [0.15, 0.2) is 0 Å². The van der Waals surface area contributed by atoms with Crippen molar-refractivity contribution in [3.63, 3.8) is 0 Å². The van der Waals surface area contributed by atoms with Gasteiger partial charge in [-0.2, -0.15) is 0 Å². The second-order valence-electron chi connectivity index (χ2n) is 5.10. The summed E-state index contributed by atoms with van der Waals surface area (Å²) in [5.41, 5.74) is 1.44. The van der Waals surface area contributed by atoms with Crippen LogP contribution in [0, 0.1) is 5.82 Å². The molecule has 0 radical (unpaired) electrons. The quantitative estimate of drug-likeness (QED) is 0.909. The number of anilines is 2. The Hall–Kier alpha value is -2.47. The predicted octanol–water partition coefficient (Wildman–Crippen LogP) is 1.88. The highest BCUT2D eigenvalue weighted by molar-refractivity contribution is 6.03. The van der Waals surface area contributed by atoms with Crippen LogP contribution in [0.5, 0.6) is 0 Å². The van der Waals surface area contributed by atoms with Gasteiger partial charge in [0.2, 0.25) is 0 Å². The number of benzene rings is 1. The zero-order valence-corrected chi connectivity index (χ0v) is 12.1. The first-order chi connectivity index (χ1) is 10.7. The molecule has 1 aliphatic heterocycles. The van der Waals surface area contributed by atoms with Crippen molar-refractivity contribution in [2.75, 3.05) is 36.4 Å².